The van der Waals surface area contributed by atoms with Crippen molar-refractivity contribution in [1.29, 1.82) is 0 Å². The van der Waals surface area contributed by atoms with E-state index in [9.17, 15) is 8.42 Å². The topological polar surface area (TPSA) is 84.2 Å². The van der Waals surface area contributed by atoms with Crippen LogP contribution in [0.25, 0.3) is 0 Å². The summed E-state index contributed by atoms with van der Waals surface area (Å²) < 4.78 is 32.5. The van der Waals surface area contributed by atoms with Gasteiger partial charge in [-0.25, -0.2) is 13.1 Å². The van der Waals surface area contributed by atoms with Gasteiger partial charge in [-0.05, 0) is 47.6 Å². The van der Waals surface area contributed by atoms with Crippen LogP contribution in [-0.2, 0) is 23.1 Å². The Labute approximate surface area is 132 Å². The molecule has 0 fully saturated rings. The maximum absolute atomic E-state index is 12.3. The molecule has 0 aliphatic carbocycles. The zero-order valence-electron chi connectivity index (χ0n) is 11.7. The highest BCUT2D eigenvalue weighted by atomic mass is 79.9. The number of hydrogen-bond acceptors (Lipinski definition) is 5. The number of rotatable bonds is 6. The van der Waals surface area contributed by atoms with Crippen molar-refractivity contribution in [2.75, 3.05) is 7.05 Å². The van der Waals surface area contributed by atoms with E-state index in [1.807, 2.05) is 7.05 Å². The fourth-order valence-corrected chi connectivity index (χ4v) is 3.95. The molecule has 0 saturated heterocycles. The van der Waals surface area contributed by atoms with Gasteiger partial charge in [0.1, 0.15) is 5.76 Å². The molecular formula is C13H16BrN3O3S. The van der Waals surface area contributed by atoms with Crippen molar-refractivity contribution in [2.45, 2.75) is 24.9 Å². The second-order valence-electron chi connectivity index (χ2n) is 4.55. The van der Waals surface area contributed by atoms with E-state index in [1.54, 1.807) is 31.2 Å². The summed E-state index contributed by atoms with van der Waals surface area (Å²) in [5.41, 5.74) is 1.54. The Bertz CT molecular complexity index is 728. The third kappa shape index (κ3) is 4.13. The third-order valence-corrected chi connectivity index (χ3v) is 5.16. The molecule has 6 nitrogen and oxygen atoms in total. The van der Waals surface area contributed by atoms with Gasteiger partial charge >= 0.3 is 0 Å². The summed E-state index contributed by atoms with van der Waals surface area (Å²) in [7, 11) is -1.78. The predicted molar refractivity (Wildman–Crippen MR) is 82.2 cm³/mol. The molecule has 2 rings (SSSR count). The van der Waals surface area contributed by atoms with E-state index >= 15 is 0 Å². The average molecular weight is 374 g/mol. The summed E-state index contributed by atoms with van der Waals surface area (Å²) in [5.74, 6) is 0.641. The van der Waals surface area contributed by atoms with Gasteiger partial charge in [-0.2, -0.15) is 0 Å². The standard InChI is InChI=1S/C13H16BrN3O3S/c1-9-5-11(17-20-9)8-16-21(18,19)13-4-3-10(7-15-2)6-12(13)14/h3-6,15-16H,7-8H2,1-2H3. The van der Waals surface area contributed by atoms with Crippen molar-refractivity contribution in [2.24, 2.45) is 0 Å². The summed E-state index contributed by atoms with van der Waals surface area (Å²) in [4.78, 5) is 0.197. The van der Waals surface area contributed by atoms with E-state index in [0.717, 1.165) is 5.56 Å². The normalized spacial score (nSPS) is 11.8. The Morgan fingerprint density at radius 2 is 2.05 bits per heavy atom. The molecule has 0 atom stereocenters. The summed E-state index contributed by atoms with van der Waals surface area (Å²) in [5, 5.41) is 6.77. The second kappa shape index (κ2) is 6.69. The molecule has 0 spiro atoms. The Kier molecular flexibility index (Phi) is 5.15. The SMILES string of the molecule is CNCc1ccc(S(=O)(=O)NCc2cc(C)on2)c(Br)c1. The molecule has 2 aromatic rings. The van der Waals surface area contributed by atoms with Gasteiger partial charge in [0.2, 0.25) is 10.0 Å². The number of aryl methyl sites for hydroxylation is 1. The van der Waals surface area contributed by atoms with Crippen LogP contribution in [0, 0.1) is 6.92 Å². The van der Waals surface area contributed by atoms with E-state index in [-0.39, 0.29) is 11.4 Å². The quantitative estimate of drug-likeness (QED) is 0.808. The molecule has 1 aromatic carbocycles. The fraction of sp³-hybridized carbons (Fsp3) is 0.308. The zero-order chi connectivity index (χ0) is 15.5. The molecule has 2 N–H and O–H groups in total. The summed E-state index contributed by atoms with van der Waals surface area (Å²) in [6, 6.07) is 6.82. The Balaban J connectivity index is 2.15. The van der Waals surface area contributed by atoms with Gasteiger partial charge in [0.15, 0.2) is 0 Å². The van der Waals surface area contributed by atoms with Crippen LogP contribution in [0.3, 0.4) is 0 Å². The van der Waals surface area contributed by atoms with Crippen LogP contribution in [0.15, 0.2) is 38.2 Å². The highest BCUT2D eigenvalue weighted by Crippen LogP contribution is 2.23. The maximum atomic E-state index is 12.3. The van der Waals surface area contributed by atoms with Gasteiger partial charge in [0.25, 0.3) is 0 Å². The highest BCUT2D eigenvalue weighted by Gasteiger charge is 2.18. The first kappa shape index (κ1) is 16.2. The monoisotopic (exact) mass is 373 g/mol. The van der Waals surface area contributed by atoms with Gasteiger partial charge in [-0.1, -0.05) is 11.2 Å². The van der Waals surface area contributed by atoms with Crippen LogP contribution in [0.4, 0.5) is 0 Å². The smallest absolute Gasteiger partial charge is 0.242 e. The number of nitrogens with one attached hydrogen (secondary N) is 2. The van der Waals surface area contributed by atoms with Crippen molar-refractivity contribution in [3.63, 3.8) is 0 Å². The van der Waals surface area contributed by atoms with Gasteiger partial charge < -0.3 is 9.84 Å². The van der Waals surface area contributed by atoms with Crippen LogP contribution in [0.5, 0.6) is 0 Å². The van der Waals surface area contributed by atoms with Crippen LogP contribution >= 0.6 is 15.9 Å². The summed E-state index contributed by atoms with van der Waals surface area (Å²) in [6.07, 6.45) is 0. The summed E-state index contributed by atoms with van der Waals surface area (Å²) in [6.45, 7) is 2.51. The first-order valence-electron chi connectivity index (χ1n) is 6.27. The fourth-order valence-electron chi connectivity index (χ4n) is 1.82. The molecule has 0 amide bonds. The molecule has 0 bridgehead atoms. The number of hydrogen-bond donors (Lipinski definition) is 2. The van der Waals surface area contributed by atoms with Gasteiger partial charge in [0, 0.05) is 17.1 Å². The van der Waals surface area contributed by atoms with Crippen LogP contribution in [0.2, 0.25) is 0 Å². The van der Waals surface area contributed by atoms with E-state index in [2.05, 4.69) is 31.1 Å². The van der Waals surface area contributed by atoms with Gasteiger partial charge in [0.05, 0.1) is 17.1 Å². The molecule has 1 aromatic heterocycles. The van der Waals surface area contributed by atoms with Crippen molar-refractivity contribution in [3.8, 4) is 0 Å². The highest BCUT2D eigenvalue weighted by molar-refractivity contribution is 9.10. The number of nitrogens with zero attached hydrogens (tertiary/aromatic N) is 1. The molecule has 8 heteroatoms. The predicted octanol–water partition coefficient (Wildman–Crippen LogP) is 1.94. The zero-order valence-corrected chi connectivity index (χ0v) is 14.1. The molecule has 0 unspecified atom stereocenters. The van der Waals surface area contributed by atoms with Crippen LogP contribution in [-0.4, -0.2) is 20.6 Å². The van der Waals surface area contributed by atoms with Gasteiger partial charge in [-0.15, -0.1) is 0 Å². The van der Waals surface area contributed by atoms with Crippen molar-refractivity contribution < 1.29 is 12.9 Å². The number of halogens is 1. The van der Waals surface area contributed by atoms with E-state index < -0.39 is 10.0 Å². The Hall–Kier alpha value is -1.22. The van der Waals surface area contributed by atoms with E-state index in [4.69, 9.17) is 4.52 Å². The largest absolute Gasteiger partial charge is 0.361 e. The number of benzene rings is 1. The van der Waals surface area contributed by atoms with E-state index in [1.165, 1.54) is 0 Å². The second-order valence-corrected chi connectivity index (χ2v) is 7.14. The molecular weight excluding hydrogens is 358 g/mol. The van der Waals surface area contributed by atoms with Gasteiger partial charge in [-0.3, -0.25) is 0 Å². The van der Waals surface area contributed by atoms with Crippen molar-refractivity contribution >= 4 is 26.0 Å². The molecule has 21 heavy (non-hydrogen) atoms. The molecule has 0 saturated carbocycles. The first-order chi connectivity index (χ1) is 9.92. The minimum absolute atomic E-state index is 0.0877. The lowest BCUT2D eigenvalue weighted by atomic mass is 10.2. The maximum Gasteiger partial charge on any atom is 0.242 e. The lowest BCUT2D eigenvalue weighted by Crippen LogP contribution is -2.23. The summed E-state index contributed by atoms with van der Waals surface area (Å²) >= 11 is 3.30. The van der Waals surface area contributed by atoms with Crippen LogP contribution < -0.4 is 10.0 Å². The Morgan fingerprint density at radius 3 is 2.62 bits per heavy atom. The molecule has 1 heterocycles. The average Bonchev–Trinajstić information content (AvgIpc) is 2.83. The molecule has 0 radical (unpaired) electrons. The lowest BCUT2D eigenvalue weighted by molar-refractivity contribution is 0.390. The molecule has 0 aliphatic heterocycles. The first-order valence-corrected chi connectivity index (χ1v) is 8.55. The van der Waals surface area contributed by atoms with Crippen molar-refractivity contribution in [3.05, 3.63) is 45.8 Å². The third-order valence-electron chi connectivity index (χ3n) is 2.79. The molecule has 0 aliphatic rings. The van der Waals surface area contributed by atoms with E-state index in [0.29, 0.717) is 22.5 Å². The van der Waals surface area contributed by atoms with Crippen molar-refractivity contribution in [1.82, 2.24) is 15.2 Å². The van der Waals surface area contributed by atoms with Crippen LogP contribution in [0.1, 0.15) is 17.0 Å². The number of aromatic nitrogens is 1. The minimum Gasteiger partial charge on any atom is -0.361 e. The number of sulfonamides is 1. The Morgan fingerprint density at radius 1 is 1.29 bits per heavy atom. The molecule has 114 valence electrons. The minimum atomic E-state index is -3.61. The lowest BCUT2D eigenvalue weighted by Gasteiger charge is -2.09.